The van der Waals surface area contributed by atoms with Crippen molar-refractivity contribution in [1.82, 2.24) is 15.2 Å². The highest BCUT2D eigenvalue weighted by molar-refractivity contribution is 6.32. The summed E-state index contributed by atoms with van der Waals surface area (Å²) in [5, 5.41) is 6.54. The molecule has 2 rings (SSSR count). The van der Waals surface area contributed by atoms with Crippen molar-refractivity contribution in [2.45, 2.75) is 19.8 Å². The Morgan fingerprint density at radius 2 is 2.24 bits per heavy atom. The van der Waals surface area contributed by atoms with Crippen LogP contribution in [-0.4, -0.2) is 48.5 Å². The highest BCUT2D eigenvalue weighted by atomic mass is 35.5. The first kappa shape index (κ1) is 16.2. The molecule has 1 aliphatic heterocycles. The Kier molecular flexibility index (Phi) is 6.42. The topological polar surface area (TPSA) is 57.3 Å². The minimum atomic E-state index is -0.0324. The molecule has 0 radical (unpaired) electrons. The number of carbonyl (C=O) groups is 1. The van der Waals surface area contributed by atoms with Gasteiger partial charge >= 0.3 is 0 Å². The minimum absolute atomic E-state index is 0.0324. The van der Waals surface area contributed by atoms with Crippen molar-refractivity contribution in [2.24, 2.45) is 5.92 Å². The second-order valence-corrected chi connectivity index (χ2v) is 5.78. The number of pyridine rings is 1. The van der Waals surface area contributed by atoms with E-state index >= 15 is 0 Å². The molecule has 21 heavy (non-hydrogen) atoms. The molecule has 0 aliphatic carbocycles. The summed E-state index contributed by atoms with van der Waals surface area (Å²) >= 11 is 5.93. The first-order chi connectivity index (χ1) is 10.2. The van der Waals surface area contributed by atoms with E-state index in [1.807, 2.05) is 0 Å². The van der Waals surface area contributed by atoms with Gasteiger partial charge in [0, 0.05) is 6.20 Å². The Balaban J connectivity index is 1.73. The van der Waals surface area contributed by atoms with E-state index in [1.54, 1.807) is 18.3 Å². The largest absolute Gasteiger partial charge is 0.322 e. The van der Waals surface area contributed by atoms with Gasteiger partial charge in [-0.2, -0.15) is 0 Å². The molecule has 116 valence electrons. The molecule has 1 aromatic heterocycles. The van der Waals surface area contributed by atoms with Crippen molar-refractivity contribution in [3.8, 4) is 0 Å². The standard InChI is InChI=1S/C15H23ClN4O/c1-2-17-10-12-5-8-20(9-6-12)11-14(21)19-13-4-3-7-18-15(13)16/h3-4,7,12,17H,2,5-6,8-11H2,1H3,(H,19,21). The van der Waals surface area contributed by atoms with Crippen molar-refractivity contribution in [1.29, 1.82) is 0 Å². The van der Waals surface area contributed by atoms with Gasteiger partial charge in [-0.3, -0.25) is 9.69 Å². The Morgan fingerprint density at radius 1 is 1.48 bits per heavy atom. The molecule has 1 amide bonds. The van der Waals surface area contributed by atoms with Gasteiger partial charge in [-0.1, -0.05) is 18.5 Å². The van der Waals surface area contributed by atoms with Crippen LogP contribution in [0.4, 0.5) is 5.69 Å². The molecule has 0 bridgehead atoms. The van der Waals surface area contributed by atoms with Gasteiger partial charge in [0.05, 0.1) is 12.2 Å². The van der Waals surface area contributed by atoms with Crippen molar-refractivity contribution < 1.29 is 4.79 Å². The Morgan fingerprint density at radius 3 is 2.90 bits per heavy atom. The van der Waals surface area contributed by atoms with E-state index in [4.69, 9.17) is 11.6 Å². The zero-order valence-electron chi connectivity index (χ0n) is 12.4. The SMILES string of the molecule is CCNCC1CCN(CC(=O)Nc2cccnc2Cl)CC1. The second-order valence-electron chi connectivity index (χ2n) is 5.42. The van der Waals surface area contributed by atoms with Gasteiger partial charge in [-0.15, -0.1) is 0 Å². The number of nitrogens with one attached hydrogen (secondary N) is 2. The van der Waals surface area contributed by atoms with Gasteiger partial charge in [0.1, 0.15) is 0 Å². The fraction of sp³-hybridized carbons (Fsp3) is 0.600. The lowest BCUT2D eigenvalue weighted by Gasteiger charge is -2.31. The molecule has 1 saturated heterocycles. The van der Waals surface area contributed by atoms with Crippen LogP contribution in [-0.2, 0) is 4.79 Å². The zero-order chi connectivity index (χ0) is 15.1. The van der Waals surface area contributed by atoms with Gasteiger partial charge in [-0.05, 0) is 57.1 Å². The molecule has 0 atom stereocenters. The molecule has 0 unspecified atom stereocenters. The van der Waals surface area contributed by atoms with E-state index in [0.29, 0.717) is 17.4 Å². The molecular formula is C15H23ClN4O. The Bertz CT molecular complexity index is 461. The smallest absolute Gasteiger partial charge is 0.238 e. The Labute approximate surface area is 131 Å². The van der Waals surface area contributed by atoms with E-state index in [2.05, 4.69) is 27.4 Å². The summed E-state index contributed by atoms with van der Waals surface area (Å²) in [7, 11) is 0. The van der Waals surface area contributed by atoms with Crippen LogP contribution in [0.5, 0.6) is 0 Å². The first-order valence-corrected chi connectivity index (χ1v) is 7.90. The van der Waals surface area contributed by atoms with Crippen molar-refractivity contribution in [3.05, 3.63) is 23.5 Å². The maximum atomic E-state index is 12.0. The monoisotopic (exact) mass is 310 g/mol. The molecule has 1 fully saturated rings. The fourth-order valence-electron chi connectivity index (χ4n) is 2.57. The highest BCUT2D eigenvalue weighted by Gasteiger charge is 2.20. The number of halogens is 1. The summed E-state index contributed by atoms with van der Waals surface area (Å²) in [5.41, 5.74) is 0.575. The third kappa shape index (κ3) is 5.26. The van der Waals surface area contributed by atoms with Crippen molar-refractivity contribution in [2.75, 3.05) is 38.0 Å². The van der Waals surface area contributed by atoms with E-state index in [9.17, 15) is 4.79 Å². The van der Waals surface area contributed by atoms with E-state index in [1.165, 1.54) is 0 Å². The van der Waals surface area contributed by atoms with Crippen molar-refractivity contribution >= 4 is 23.2 Å². The average Bonchev–Trinajstić information content (AvgIpc) is 2.49. The van der Waals surface area contributed by atoms with Crippen LogP contribution >= 0.6 is 11.6 Å². The number of aromatic nitrogens is 1. The summed E-state index contributed by atoms with van der Waals surface area (Å²) < 4.78 is 0. The molecule has 1 aliphatic rings. The molecule has 0 saturated carbocycles. The number of anilines is 1. The number of rotatable bonds is 6. The van der Waals surface area contributed by atoms with Crippen LogP contribution in [0, 0.1) is 5.92 Å². The van der Waals surface area contributed by atoms with Gasteiger partial charge < -0.3 is 10.6 Å². The van der Waals surface area contributed by atoms with Crippen LogP contribution < -0.4 is 10.6 Å². The number of amides is 1. The molecule has 0 aromatic carbocycles. The van der Waals surface area contributed by atoms with Gasteiger partial charge in [0.15, 0.2) is 5.15 Å². The van der Waals surface area contributed by atoms with Crippen LogP contribution in [0.15, 0.2) is 18.3 Å². The molecule has 0 spiro atoms. The molecule has 1 aromatic rings. The minimum Gasteiger partial charge on any atom is -0.322 e. The van der Waals surface area contributed by atoms with Crippen LogP contribution in [0.25, 0.3) is 0 Å². The summed E-state index contributed by atoms with van der Waals surface area (Å²) in [6.07, 6.45) is 3.90. The lowest BCUT2D eigenvalue weighted by Crippen LogP contribution is -2.41. The van der Waals surface area contributed by atoms with Crippen molar-refractivity contribution in [3.63, 3.8) is 0 Å². The van der Waals surface area contributed by atoms with E-state index < -0.39 is 0 Å². The number of nitrogens with zero attached hydrogens (tertiary/aromatic N) is 2. The number of carbonyl (C=O) groups excluding carboxylic acids is 1. The maximum Gasteiger partial charge on any atom is 0.238 e. The summed E-state index contributed by atoms with van der Waals surface area (Å²) in [5.74, 6) is 0.701. The normalized spacial score (nSPS) is 16.9. The quantitative estimate of drug-likeness (QED) is 0.789. The number of piperidine rings is 1. The maximum absolute atomic E-state index is 12.0. The first-order valence-electron chi connectivity index (χ1n) is 7.52. The Hall–Kier alpha value is -1.17. The molecule has 5 nitrogen and oxygen atoms in total. The fourth-order valence-corrected chi connectivity index (χ4v) is 2.74. The third-order valence-electron chi connectivity index (χ3n) is 3.79. The average molecular weight is 311 g/mol. The van der Waals surface area contributed by atoms with Crippen LogP contribution in [0.3, 0.4) is 0 Å². The second kappa shape index (κ2) is 8.32. The number of likely N-dealkylation sites (tertiary alicyclic amines) is 1. The summed E-state index contributed by atoms with van der Waals surface area (Å²) in [4.78, 5) is 18.2. The van der Waals surface area contributed by atoms with Gasteiger partial charge in [-0.25, -0.2) is 4.98 Å². The number of hydrogen-bond donors (Lipinski definition) is 2. The van der Waals surface area contributed by atoms with Gasteiger partial charge in [0.25, 0.3) is 0 Å². The van der Waals surface area contributed by atoms with E-state index in [0.717, 1.165) is 44.9 Å². The predicted molar refractivity (Wildman–Crippen MR) is 85.6 cm³/mol. The predicted octanol–water partition coefficient (Wildman–Crippen LogP) is 1.99. The summed E-state index contributed by atoms with van der Waals surface area (Å²) in [6.45, 7) is 6.60. The lowest BCUT2D eigenvalue weighted by atomic mass is 9.97. The molecular weight excluding hydrogens is 288 g/mol. The highest BCUT2D eigenvalue weighted by Crippen LogP contribution is 2.18. The molecule has 6 heteroatoms. The molecule has 2 heterocycles. The zero-order valence-corrected chi connectivity index (χ0v) is 13.2. The van der Waals surface area contributed by atoms with Gasteiger partial charge in [0.2, 0.25) is 5.91 Å². The van der Waals surface area contributed by atoms with E-state index in [-0.39, 0.29) is 5.91 Å². The number of hydrogen-bond acceptors (Lipinski definition) is 4. The third-order valence-corrected chi connectivity index (χ3v) is 4.09. The lowest BCUT2D eigenvalue weighted by molar-refractivity contribution is -0.117. The molecule has 2 N–H and O–H groups in total. The summed E-state index contributed by atoms with van der Waals surface area (Å²) in [6, 6.07) is 3.52. The van der Waals surface area contributed by atoms with Crippen LogP contribution in [0.2, 0.25) is 5.15 Å². The van der Waals surface area contributed by atoms with Crippen LogP contribution in [0.1, 0.15) is 19.8 Å².